The smallest absolute Gasteiger partial charge is 0.0149 e. The summed E-state index contributed by atoms with van der Waals surface area (Å²) in [5.41, 5.74) is 61.0. The van der Waals surface area contributed by atoms with Crippen molar-refractivity contribution in [1.82, 2.24) is 0 Å². The Kier molecular flexibility index (Phi) is 30.6. The van der Waals surface area contributed by atoms with Crippen LogP contribution in [0, 0.1) is 166 Å². The molecule has 0 N–H and O–H groups in total. The van der Waals surface area contributed by atoms with E-state index in [1.165, 1.54) is 256 Å². The maximum Gasteiger partial charge on any atom is -0.0149 e. The number of aryl methyl sites for hydroxylation is 18. The van der Waals surface area contributed by atoms with Gasteiger partial charge in [0.05, 0.1) is 0 Å². The van der Waals surface area contributed by atoms with Crippen molar-refractivity contribution in [2.45, 2.75) is 166 Å². The first-order chi connectivity index (χ1) is 60.4. The van der Waals surface area contributed by atoms with E-state index in [1.807, 2.05) is 0 Å². The SMILES string of the molecule is Cc1ccc(-c2ccc(-c3ccc(C)c(C)c3)cc2)cc1C.Cc1ccc(-c2ccc(-c3cccc(C)c3C)cc2)cc1C.Cc1ccc(-c2cccc(-c3ccc(C)c(C)c3)c2)cc1C.Cc1ccc(-c2cccc(-c3cccc(C)c3C)c2)cc1C.Cc1cccc(-c2ccc(-c3cccc(C)c3C)cc2)c1C.Cc1cccc(-c2cccc(C)c2C)c1C. The van der Waals surface area contributed by atoms with Crippen LogP contribution in [0.4, 0.5) is 0 Å². The Morgan fingerprint density at radius 2 is 0.230 bits per heavy atom. The van der Waals surface area contributed by atoms with E-state index in [9.17, 15) is 0 Å². The first kappa shape index (κ1) is 91.9. The van der Waals surface area contributed by atoms with Crippen LogP contribution in [0.25, 0.3) is 122 Å². The van der Waals surface area contributed by atoms with Crippen molar-refractivity contribution in [2.75, 3.05) is 0 Å². The molecule has 0 aliphatic rings. The Bertz CT molecular complexity index is 6430. The largest absolute Gasteiger partial charge is 0.0614 e. The van der Waals surface area contributed by atoms with Crippen molar-refractivity contribution in [3.05, 3.63) is 473 Å². The van der Waals surface area contributed by atoms with E-state index in [-0.39, 0.29) is 0 Å². The molecule has 0 spiro atoms. The molecule has 17 aromatic rings. The van der Waals surface area contributed by atoms with Crippen LogP contribution in [0.3, 0.4) is 0 Å². The average Bonchev–Trinajstić information content (AvgIpc) is 0.817. The third kappa shape index (κ3) is 22.6. The molecule has 0 fully saturated rings. The monoisotopic (exact) mass is 1640 g/mol. The zero-order valence-electron chi connectivity index (χ0n) is 79.3. The minimum Gasteiger partial charge on any atom is -0.0614 e. The Morgan fingerprint density at radius 3 is 0.444 bits per heavy atom. The third-order valence-electron chi connectivity index (χ3n) is 26.6. The van der Waals surface area contributed by atoms with E-state index >= 15 is 0 Å². The first-order valence-electron chi connectivity index (χ1n) is 44.7. The summed E-state index contributed by atoms with van der Waals surface area (Å²) in [6.45, 7) is 52.2. The standard InChI is InChI=1S/5C22H22.C16H18/c1-15-5-7-21(13-17(15)3)19-9-11-20(12-10-19)22-8-6-16(2)18(4)14-22;1-15-11-12-20(13-17(15)3)19-8-6-9-21(14-19)22-10-5-7-16(2)18(22)4;1-15-7-5-9-21(17(15)3)19-11-13-20(14-12-19)22-10-6-8-16(2)18(22)4;1-15-8-10-21(12-17(15)3)19-6-5-7-20(14-19)22-11-9-16(2)18(4)13-22;1-15-8-9-21(14-17(15)3)19-10-12-20(13-11-19)22-7-5-6-16(2)18(22)4;1-11-7-5-9-15(13(11)3)16-10-6-8-12(2)14(16)4/h5*5-14H,1-4H3;5-10H,1-4H3. The van der Waals surface area contributed by atoms with E-state index in [0.29, 0.717) is 0 Å². The second-order valence-electron chi connectivity index (χ2n) is 35.2. The number of rotatable bonds is 11. The lowest BCUT2D eigenvalue weighted by atomic mass is 9.92. The van der Waals surface area contributed by atoms with Gasteiger partial charge in [0, 0.05) is 0 Å². The Hall–Kier alpha value is -13.3. The molecule has 17 aromatic carbocycles. The minimum absolute atomic E-state index is 1.27. The van der Waals surface area contributed by atoms with Gasteiger partial charge in [-0.3, -0.25) is 0 Å². The fraction of sp³-hybridized carbons (Fsp3) is 0.190. The summed E-state index contributed by atoms with van der Waals surface area (Å²) >= 11 is 0. The van der Waals surface area contributed by atoms with Crippen LogP contribution < -0.4 is 0 Å². The molecule has 0 heteroatoms. The normalized spacial score (nSPS) is 10.7. The van der Waals surface area contributed by atoms with Gasteiger partial charge in [0.25, 0.3) is 0 Å². The second-order valence-corrected chi connectivity index (χ2v) is 35.2. The van der Waals surface area contributed by atoms with Crippen LogP contribution in [0.1, 0.15) is 134 Å². The van der Waals surface area contributed by atoms with Crippen LogP contribution in [0.5, 0.6) is 0 Å². The molecular formula is C126H128. The van der Waals surface area contributed by atoms with Crippen LogP contribution >= 0.6 is 0 Å². The van der Waals surface area contributed by atoms with Gasteiger partial charge in [0.15, 0.2) is 0 Å². The molecule has 0 unspecified atom stereocenters. The third-order valence-corrected chi connectivity index (χ3v) is 26.6. The fourth-order valence-corrected chi connectivity index (χ4v) is 16.1. The van der Waals surface area contributed by atoms with E-state index in [0.717, 1.165) is 0 Å². The molecule has 0 aliphatic carbocycles. The van der Waals surface area contributed by atoms with Gasteiger partial charge in [0.2, 0.25) is 0 Å². The molecule has 0 nitrogen and oxygen atoms in total. The van der Waals surface area contributed by atoms with Gasteiger partial charge in [-0.1, -0.05) is 328 Å². The summed E-state index contributed by atoms with van der Waals surface area (Å²) < 4.78 is 0. The Morgan fingerprint density at radius 1 is 0.0873 bits per heavy atom. The molecule has 0 amide bonds. The summed E-state index contributed by atoms with van der Waals surface area (Å²) in [6, 6.07) is 124. The van der Waals surface area contributed by atoms with Gasteiger partial charge in [0.1, 0.15) is 0 Å². The first-order valence-corrected chi connectivity index (χ1v) is 44.7. The molecule has 0 bridgehead atoms. The predicted octanol–water partition coefficient (Wildman–Crippen LogP) is 35.9. The molecular weight excluding hydrogens is 1510 g/mol. The highest BCUT2D eigenvalue weighted by atomic mass is 14.2. The summed E-state index contributed by atoms with van der Waals surface area (Å²) in [6.07, 6.45) is 0. The van der Waals surface area contributed by atoms with Crippen molar-refractivity contribution in [2.24, 2.45) is 0 Å². The van der Waals surface area contributed by atoms with Crippen LogP contribution in [0.2, 0.25) is 0 Å². The van der Waals surface area contributed by atoms with Crippen LogP contribution in [-0.4, -0.2) is 0 Å². The highest BCUT2D eigenvalue weighted by molar-refractivity contribution is 5.81. The average molecular weight is 1640 g/mol. The number of hydrogen-bond acceptors (Lipinski definition) is 0. The van der Waals surface area contributed by atoms with Crippen LogP contribution in [-0.2, 0) is 0 Å². The molecule has 0 aromatic heterocycles. The summed E-state index contributed by atoms with van der Waals surface area (Å²) in [5.74, 6) is 0. The lowest BCUT2D eigenvalue weighted by molar-refractivity contribution is 1.30. The topological polar surface area (TPSA) is 0 Å². The van der Waals surface area contributed by atoms with Crippen molar-refractivity contribution in [1.29, 1.82) is 0 Å². The van der Waals surface area contributed by atoms with Gasteiger partial charge < -0.3 is 0 Å². The molecule has 632 valence electrons. The Labute approximate surface area is 756 Å². The molecule has 0 atom stereocenters. The van der Waals surface area contributed by atoms with Gasteiger partial charge in [-0.15, -0.1) is 0 Å². The second kappa shape index (κ2) is 41.9. The number of benzene rings is 17. The van der Waals surface area contributed by atoms with Crippen molar-refractivity contribution >= 4 is 0 Å². The molecule has 0 heterocycles. The maximum absolute atomic E-state index is 2.30. The quantitative estimate of drug-likeness (QED) is 0.121. The minimum atomic E-state index is 1.27. The fourth-order valence-electron chi connectivity index (χ4n) is 16.1. The van der Waals surface area contributed by atoms with Gasteiger partial charge in [-0.2, -0.15) is 0 Å². The van der Waals surface area contributed by atoms with E-state index < -0.39 is 0 Å². The highest BCUT2D eigenvalue weighted by Crippen LogP contribution is 2.38. The van der Waals surface area contributed by atoms with Gasteiger partial charge in [-0.05, 0) is 434 Å². The molecule has 0 aliphatic heterocycles. The van der Waals surface area contributed by atoms with Gasteiger partial charge >= 0.3 is 0 Å². The summed E-state index contributed by atoms with van der Waals surface area (Å²) in [7, 11) is 0. The van der Waals surface area contributed by atoms with Gasteiger partial charge in [-0.25, -0.2) is 0 Å². The predicted molar refractivity (Wildman–Crippen MR) is 552 cm³/mol. The lowest BCUT2D eigenvalue weighted by Gasteiger charge is -2.12. The zero-order chi connectivity index (χ0) is 90.2. The van der Waals surface area contributed by atoms with Crippen molar-refractivity contribution in [3.63, 3.8) is 0 Å². The highest BCUT2D eigenvalue weighted by Gasteiger charge is 2.14. The van der Waals surface area contributed by atoms with E-state index in [2.05, 4.69) is 506 Å². The van der Waals surface area contributed by atoms with Crippen LogP contribution in [0.15, 0.2) is 340 Å². The van der Waals surface area contributed by atoms with Crippen molar-refractivity contribution in [3.8, 4) is 122 Å². The van der Waals surface area contributed by atoms with E-state index in [4.69, 9.17) is 0 Å². The van der Waals surface area contributed by atoms with Crippen molar-refractivity contribution < 1.29 is 0 Å². The molecule has 0 radical (unpaired) electrons. The molecule has 0 saturated carbocycles. The lowest BCUT2D eigenvalue weighted by Crippen LogP contribution is -1.91. The number of hydrogen-bond donors (Lipinski definition) is 0. The molecule has 17 rings (SSSR count). The summed E-state index contributed by atoms with van der Waals surface area (Å²) in [5, 5.41) is 0. The maximum atomic E-state index is 2.30. The molecule has 0 saturated heterocycles. The Balaban J connectivity index is 0.000000138. The zero-order valence-corrected chi connectivity index (χ0v) is 79.3. The van der Waals surface area contributed by atoms with E-state index in [1.54, 1.807) is 0 Å². The summed E-state index contributed by atoms with van der Waals surface area (Å²) in [4.78, 5) is 0. The molecule has 126 heavy (non-hydrogen) atoms.